The van der Waals surface area contributed by atoms with Crippen LogP contribution in [0.1, 0.15) is 19.3 Å². The first-order chi connectivity index (χ1) is 15.4. The van der Waals surface area contributed by atoms with Crippen molar-refractivity contribution in [3.8, 4) is 0 Å². The molecule has 0 aromatic carbocycles. The van der Waals surface area contributed by atoms with Gasteiger partial charge in [0.1, 0.15) is 0 Å². The Kier molecular flexibility index (Phi) is 7.36. The van der Waals surface area contributed by atoms with Crippen LogP contribution in [0, 0.1) is 0 Å². The molecular formula is C19H28Cl3N6OP3. The molecule has 2 aliphatic carbocycles. The van der Waals surface area contributed by atoms with Gasteiger partial charge in [-0.25, -0.2) is 14.0 Å². The van der Waals surface area contributed by atoms with Crippen LogP contribution in [0.5, 0.6) is 0 Å². The van der Waals surface area contributed by atoms with Gasteiger partial charge in [-0.15, -0.1) is 0 Å². The van der Waals surface area contributed by atoms with Crippen molar-refractivity contribution in [1.29, 1.82) is 0 Å². The molecule has 3 heterocycles. The van der Waals surface area contributed by atoms with E-state index in [9.17, 15) is 0 Å². The lowest BCUT2D eigenvalue weighted by Crippen LogP contribution is -2.40. The third-order valence-corrected chi connectivity index (χ3v) is 19.2. The zero-order valence-electron chi connectivity index (χ0n) is 17.8. The number of morpholine rings is 1. The van der Waals surface area contributed by atoms with Gasteiger partial charge < -0.3 is 4.74 Å². The van der Waals surface area contributed by atoms with E-state index in [2.05, 4.69) is 50.5 Å². The van der Waals surface area contributed by atoms with Crippen LogP contribution in [0.25, 0.3) is 0 Å². The van der Waals surface area contributed by atoms with Gasteiger partial charge in [0.2, 0.25) is 14.2 Å². The molecule has 0 amide bonds. The van der Waals surface area contributed by atoms with Crippen LogP contribution < -0.4 is 0 Å². The molecule has 0 saturated carbocycles. The van der Waals surface area contributed by atoms with E-state index in [1.165, 1.54) is 11.1 Å². The van der Waals surface area contributed by atoms with Crippen molar-refractivity contribution < 1.29 is 4.74 Å². The third-order valence-electron chi connectivity index (χ3n) is 6.09. The van der Waals surface area contributed by atoms with E-state index in [0.29, 0.717) is 26.3 Å². The van der Waals surface area contributed by atoms with Gasteiger partial charge in [0.05, 0.1) is 13.2 Å². The summed E-state index contributed by atoms with van der Waals surface area (Å²) < 4.78 is 27.8. The Balaban J connectivity index is 1.62. The molecule has 32 heavy (non-hydrogen) atoms. The molecule has 0 bridgehead atoms. The van der Waals surface area contributed by atoms with Gasteiger partial charge in [0, 0.05) is 39.3 Å². The number of halogens is 3. The summed E-state index contributed by atoms with van der Waals surface area (Å²) in [6.45, 7) is 3.20. The molecule has 2 fully saturated rings. The summed E-state index contributed by atoms with van der Waals surface area (Å²) >= 11 is 21.0. The van der Waals surface area contributed by atoms with Crippen molar-refractivity contribution in [2.75, 3.05) is 52.5 Å². The first kappa shape index (κ1) is 24.1. The maximum absolute atomic E-state index is 7.29. The highest BCUT2D eigenvalue weighted by Gasteiger charge is 2.46. The highest BCUT2D eigenvalue weighted by molar-refractivity contribution is 8.15. The van der Waals surface area contributed by atoms with Gasteiger partial charge in [0.25, 0.3) is 5.91 Å². The average Bonchev–Trinajstić information content (AvgIpc) is 3.45. The van der Waals surface area contributed by atoms with Crippen LogP contribution >= 0.6 is 53.8 Å². The number of ether oxygens (including phenoxy) is 1. The number of hydrogen-bond acceptors (Lipinski definition) is 7. The van der Waals surface area contributed by atoms with E-state index in [0.717, 1.165) is 45.4 Å². The smallest absolute Gasteiger partial charge is 0.257 e. The van der Waals surface area contributed by atoms with Crippen LogP contribution in [0.2, 0.25) is 0 Å². The van der Waals surface area contributed by atoms with Gasteiger partial charge >= 0.3 is 0 Å². The zero-order chi connectivity index (χ0) is 22.2. The van der Waals surface area contributed by atoms with E-state index in [1.54, 1.807) is 0 Å². The molecule has 176 valence electrons. The predicted molar refractivity (Wildman–Crippen MR) is 139 cm³/mol. The topological polar surface area (TPSA) is 56.0 Å². The molecule has 1 spiro atoms. The molecule has 5 aliphatic rings. The molecule has 13 heteroatoms. The van der Waals surface area contributed by atoms with Crippen molar-refractivity contribution in [1.82, 2.24) is 14.0 Å². The first-order valence-electron chi connectivity index (χ1n) is 10.9. The van der Waals surface area contributed by atoms with E-state index >= 15 is 0 Å². The molecule has 0 N–H and O–H groups in total. The molecule has 0 aromatic heterocycles. The predicted octanol–water partition coefficient (Wildman–Crippen LogP) is 7.67. The quantitative estimate of drug-likeness (QED) is 0.327. The van der Waals surface area contributed by atoms with E-state index in [-0.39, 0.29) is 0 Å². The second-order valence-corrected chi connectivity index (χ2v) is 19.9. The molecule has 7 nitrogen and oxygen atoms in total. The van der Waals surface area contributed by atoms with Gasteiger partial charge in [-0.05, 0) is 53.0 Å². The molecule has 0 aromatic rings. The summed E-state index contributed by atoms with van der Waals surface area (Å²) in [5.74, 6) is -2.99. The van der Waals surface area contributed by atoms with Gasteiger partial charge in [-0.2, -0.15) is 13.5 Å². The Bertz CT molecular complexity index is 1010. The second kappa shape index (κ2) is 9.78. The highest BCUT2D eigenvalue weighted by Crippen LogP contribution is 2.86. The monoisotopic (exact) mass is 554 g/mol. The number of hydrogen-bond donors (Lipinski definition) is 0. The molecule has 0 radical (unpaired) electrons. The molecule has 5 rings (SSSR count). The van der Waals surface area contributed by atoms with Crippen molar-refractivity contribution in [2.45, 2.75) is 19.3 Å². The number of rotatable bonds is 5. The fourth-order valence-electron chi connectivity index (χ4n) is 4.55. The van der Waals surface area contributed by atoms with Gasteiger partial charge in [-0.1, -0.05) is 47.6 Å². The van der Waals surface area contributed by atoms with E-state index in [1.807, 2.05) is 0 Å². The zero-order valence-corrected chi connectivity index (χ0v) is 22.8. The number of nitrogens with zero attached hydrogens (tertiary/aromatic N) is 6. The lowest BCUT2D eigenvalue weighted by atomic mass is 10.2. The van der Waals surface area contributed by atoms with E-state index in [4.69, 9.17) is 52.0 Å². The standard InChI is InChI=1S/C19H28Cl3N6OP3/c20-30(21)23-31(22,26-12-14-29-15-13-26)25-32(24-30)27(16-18-6-1-2-7-18)10-5-11-28(32)17-19-8-3-4-9-19/h1-4,6,8H,5,7,9-17H2. The Morgan fingerprint density at radius 3 is 1.94 bits per heavy atom. The summed E-state index contributed by atoms with van der Waals surface area (Å²) in [5.41, 5.74) is 2.72. The number of allylic oxidation sites excluding steroid dienone is 6. The van der Waals surface area contributed by atoms with Crippen LogP contribution in [0.3, 0.4) is 0 Å². The van der Waals surface area contributed by atoms with Crippen LogP contribution in [0.4, 0.5) is 0 Å². The summed E-state index contributed by atoms with van der Waals surface area (Å²) in [6, 6.07) is 0. The summed E-state index contributed by atoms with van der Waals surface area (Å²) in [6.07, 6.45) is 16.0. The minimum absolute atomic E-state index is 0.614. The lowest BCUT2D eigenvalue weighted by Gasteiger charge is -2.48. The minimum atomic E-state index is -2.99. The Morgan fingerprint density at radius 1 is 0.812 bits per heavy atom. The summed E-state index contributed by atoms with van der Waals surface area (Å²) in [4.78, 5) is 0. The average molecular weight is 556 g/mol. The fraction of sp³-hybridized carbons (Fsp3) is 0.579. The Labute approximate surface area is 205 Å². The summed E-state index contributed by atoms with van der Waals surface area (Å²) in [5, 5.41) is 0. The van der Waals surface area contributed by atoms with Crippen molar-refractivity contribution in [2.24, 2.45) is 13.5 Å². The van der Waals surface area contributed by atoms with Gasteiger partial charge in [-0.3, -0.25) is 0 Å². The maximum atomic E-state index is 7.29. The lowest BCUT2D eigenvalue weighted by molar-refractivity contribution is 0.0749. The molecule has 1 atom stereocenters. The Morgan fingerprint density at radius 2 is 1.41 bits per heavy atom. The van der Waals surface area contributed by atoms with Crippen molar-refractivity contribution in [3.05, 3.63) is 47.6 Å². The van der Waals surface area contributed by atoms with E-state index < -0.39 is 20.1 Å². The van der Waals surface area contributed by atoms with Crippen LogP contribution in [-0.4, -0.2) is 66.5 Å². The van der Waals surface area contributed by atoms with Crippen molar-refractivity contribution >= 4 is 53.8 Å². The fourth-order valence-corrected chi connectivity index (χ4v) is 20.8. The SMILES string of the molecule is ClP1(Cl)=NP(Cl)(N2CCOCC2)=NP2(=N1)N(CC1=CC=CC1)CCCN2CC1=CC=CC1. The second-order valence-electron chi connectivity index (χ2n) is 8.37. The molecule has 1 unspecified atom stereocenters. The van der Waals surface area contributed by atoms with Gasteiger partial charge in [0.15, 0.2) is 0 Å². The minimum Gasteiger partial charge on any atom is -0.379 e. The molecule has 3 aliphatic heterocycles. The first-order valence-corrected chi connectivity index (χ1v) is 18.6. The third kappa shape index (κ3) is 5.00. The highest BCUT2D eigenvalue weighted by atomic mass is 35.9. The largest absolute Gasteiger partial charge is 0.379 e. The van der Waals surface area contributed by atoms with Crippen LogP contribution in [-0.2, 0) is 4.74 Å². The molecule has 2 saturated heterocycles. The van der Waals surface area contributed by atoms with Crippen LogP contribution in [0.15, 0.2) is 61.1 Å². The normalized spacial score (nSPS) is 32.3. The maximum Gasteiger partial charge on any atom is 0.257 e. The Hall–Kier alpha value is 0.360. The molecular weight excluding hydrogens is 528 g/mol. The summed E-state index contributed by atoms with van der Waals surface area (Å²) in [7, 11) is -2.61. The van der Waals surface area contributed by atoms with Crippen molar-refractivity contribution in [3.63, 3.8) is 0 Å².